The van der Waals surface area contributed by atoms with E-state index in [1.807, 2.05) is 24.5 Å². The molecule has 1 aliphatic carbocycles. The molecule has 6 heteroatoms. The minimum Gasteiger partial charge on any atom is -0.480 e. The Kier molecular flexibility index (Phi) is 12.9. The number of nitrogens with zero attached hydrogens (tertiary/aromatic N) is 1. The van der Waals surface area contributed by atoms with Gasteiger partial charge < -0.3 is 15.3 Å². The van der Waals surface area contributed by atoms with Crippen molar-refractivity contribution in [1.29, 1.82) is 0 Å². The summed E-state index contributed by atoms with van der Waals surface area (Å²) in [5, 5.41) is 12.4. The van der Waals surface area contributed by atoms with Gasteiger partial charge in [0.15, 0.2) is 0 Å². The molecule has 0 spiro atoms. The highest BCUT2D eigenvalue weighted by Gasteiger charge is 2.25. The fraction of sp³-hybridized carbons (Fsp3) is 0.576. The normalized spacial score (nSPS) is 15.7. The van der Waals surface area contributed by atoms with Crippen LogP contribution in [-0.2, 0) is 11.2 Å². The van der Waals surface area contributed by atoms with Crippen LogP contribution in [0.4, 0.5) is 0 Å². The molecule has 2 atom stereocenters. The van der Waals surface area contributed by atoms with Crippen LogP contribution in [0.3, 0.4) is 0 Å². The Labute approximate surface area is 240 Å². The molecule has 0 aliphatic heterocycles. The van der Waals surface area contributed by atoms with Gasteiger partial charge in [-0.15, -0.1) is 0 Å². The molecule has 0 saturated heterocycles. The Hall–Kier alpha value is -2.31. The van der Waals surface area contributed by atoms with Crippen molar-refractivity contribution in [2.24, 2.45) is 0 Å². The molecule has 1 fully saturated rings. The number of amides is 1. The van der Waals surface area contributed by atoms with Crippen molar-refractivity contribution in [3.05, 3.63) is 59.2 Å². The summed E-state index contributed by atoms with van der Waals surface area (Å²) in [6.07, 6.45) is 14.8. The van der Waals surface area contributed by atoms with Crippen LogP contribution in [0, 0.1) is 6.92 Å². The molecule has 0 bridgehead atoms. The number of carbonyl (C=O) groups excluding carboxylic acids is 1. The second-order valence-electron chi connectivity index (χ2n) is 11.1. The molecule has 3 rings (SSSR count). The molecular formula is C33H48N2O3S. The first-order valence-electron chi connectivity index (χ1n) is 14.8. The Morgan fingerprint density at radius 1 is 1.05 bits per heavy atom. The Morgan fingerprint density at radius 3 is 2.46 bits per heavy atom. The van der Waals surface area contributed by atoms with Crippen LogP contribution >= 0.6 is 11.8 Å². The zero-order chi connectivity index (χ0) is 28.2. The maximum absolute atomic E-state index is 13.4. The van der Waals surface area contributed by atoms with E-state index in [9.17, 15) is 14.7 Å². The van der Waals surface area contributed by atoms with Crippen molar-refractivity contribution in [1.82, 2.24) is 10.2 Å². The van der Waals surface area contributed by atoms with Crippen molar-refractivity contribution in [3.8, 4) is 11.1 Å². The predicted octanol–water partition coefficient (Wildman–Crippen LogP) is 7.35. The second-order valence-corrected chi connectivity index (χ2v) is 12.1. The summed E-state index contributed by atoms with van der Waals surface area (Å²) in [5.74, 6) is -0.646. The molecule has 0 radical (unpaired) electrons. The molecule has 0 aromatic heterocycles. The minimum atomic E-state index is -0.994. The highest BCUT2D eigenvalue weighted by molar-refractivity contribution is 7.98. The maximum Gasteiger partial charge on any atom is 0.326 e. The Balaban J connectivity index is 1.85. The molecule has 214 valence electrons. The fourth-order valence-corrected chi connectivity index (χ4v) is 6.35. The highest BCUT2D eigenvalue weighted by Crippen LogP contribution is 2.30. The summed E-state index contributed by atoms with van der Waals surface area (Å²) in [7, 11) is 2.33. The first-order valence-corrected chi connectivity index (χ1v) is 16.2. The largest absolute Gasteiger partial charge is 0.480 e. The van der Waals surface area contributed by atoms with E-state index in [4.69, 9.17) is 0 Å². The number of aryl methyl sites for hydroxylation is 2. The summed E-state index contributed by atoms with van der Waals surface area (Å²) < 4.78 is 0. The third-order valence-electron chi connectivity index (χ3n) is 8.36. The fourth-order valence-electron chi connectivity index (χ4n) is 5.88. The molecular weight excluding hydrogens is 504 g/mol. The van der Waals surface area contributed by atoms with Crippen molar-refractivity contribution in [2.75, 3.05) is 19.1 Å². The average Bonchev–Trinajstić information content (AvgIpc) is 2.95. The van der Waals surface area contributed by atoms with E-state index >= 15 is 0 Å². The SMILES string of the molecule is CCCCC(CCc1ccc(C(=O)N[C@@H](CCSC)C(=O)O)c(-c2ccccc2C)c1)N(C)C1CCCCC1. The van der Waals surface area contributed by atoms with E-state index in [0.29, 0.717) is 29.8 Å². The number of hydrogen-bond acceptors (Lipinski definition) is 4. The average molecular weight is 553 g/mol. The number of thioether (sulfide) groups is 1. The van der Waals surface area contributed by atoms with Gasteiger partial charge in [-0.25, -0.2) is 4.79 Å². The number of aliphatic carboxylic acids is 1. The summed E-state index contributed by atoms with van der Waals surface area (Å²) in [4.78, 5) is 27.9. The molecule has 0 heterocycles. The first-order chi connectivity index (χ1) is 18.8. The van der Waals surface area contributed by atoms with Crippen molar-refractivity contribution >= 4 is 23.6 Å². The molecule has 5 nitrogen and oxygen atoms in total. The van der Waals surface area contributed by atoms with E-state index < -0.39 is 12.0 Å². The smallest absolute Gasteiger partial charge is 0.326 e. The zero-order valence-corrected chi connectivity index (χ0v) is 25.2. The molecule has 1 saturated carbocycles. The number of unbranched alkanes of at least 4 members (excludes halogenated alkanes) is 1. The van der Waals surface area contributed by atoms with Gasteiger partial charge >= 0.3 is 5.97 Å². The molecule has 2 N–H and O–H groups in total. The maximum atomic E-state index is 13.4. The molecule has 1 unspecified atom stereocenters. The van der Waals surface area contributed by atoms with Crippen LogP contribution in [0.15, 0.2) is 42.5 Å². The van der Waals surface area contributed by atoms with Gasteiger partial charge in [0.25, 0.3) is 5.91 Å². The van der Waals surface area contributed by atoms with Gasteiger partial charge in [-0.1, -0.05) is 75.4 Å². The molecule has 1 amide bonds. The number of carboxylic acid groups (broad SMARTS) is 1. The van der Waals surface area contributed by atoms with E-state index in [0.717, 1.165) is 29.5 Å². The van der Waals surface area contributed by atoms with Crippen LogP contribution in [0.5, 0.6) is 0 Å². The van der Waals surface area contributed by atoms with Gasteiger partial charge in [-0.3, -0.25) is 4.79 Å². The number of carboxylic acids is 1. The van der Waals surface area contributed by atoms with Crippen LogP contribution in [0.1, 0.15) is 92.6 Å². The van der Waals surface area contributed by atoms with E-state index in [1.165, 1.54) is 56.9 Å². The number of nitrogens with one attached hydrogen (secondary N) is 1. The van der Waals surface area contributed by atoms with Gasteiger partial charge in [0.2, 0.25) is 0 Å². The highest BCUT2D eigenvalue weighted by atomic mass is 32.2. The lowest BCUT2D eigenvalue weighted by atomic mass is 9.90. The number of benzene rings is 2. The summed E-state index contributed by atoms with van der Waals surface area (Å²) in [5.41, 5.74) is 4.75. The second kappa shape index (κ2) is 16.1. The predicted molar refractivity (Wildman–Crippen MR) is 165 cm³/mol. The molecule has 1 aliphatic rings. The van der Waals surface area contributed by atoms with Crippen LogP contribution in [0.25, 0.3) is 11.1 Å². The third-order valence-corrected chi connectivity index (χ3v) is 9.01. The summed E-state index contributed by atoms with van der Waals surface area (Å²) in [6, 6.07) is 14.6. The van der Waals surface area contributed by atoms with Crippen LogP contribution in [0.2, 0.25) is 0 Å². The van der Waals surface area contributed by atoms with Gasteiger partial charge in [0, 0.05) is 17.6 Å². The lowest BCUT2D eigenvalue weighted by molar-refractivity contribution is -0.139. The lowest BCUT2D eigenvalue weighted by Gasteiger charge is -2.37. The molecule has 2 aromatic carbocycles. The third kappa shape index (κ3) is 9.11. The van der Waals surface area contributed by atoms with Gasteiger partial charge in [0.1, 0.15) is 6.04 Å². The van der Waals surface area contributed by atoms with Crippen LogP contribution in [-0.4, -0.2) is 59.1 Å². The molecule has 2 aromatic rings. The van der Waals surface area contributed by atoms with Crippen molar-refractivity contribution in [2.45, 2.75) is 103 Å². The Morgan fingerprint density at radius 2 is 1.79 bits per heavy atom. The molecule has 39 heavy (non-hydrogen) atoms. The quantitative estimate of drug-likeness (QED) is 0.242. The zero-order valence-electron chi connectivity index (χ0n) is 24.4. The summed E-state index contributed by atoms with van der Waals surface area (Å²) >= 11 is 1.58. The van der Waals surface area contributed by atoms with Crippen LogP contribution < -0.4 is 5.32 Å². The number of hydrogen-bond donors (Lipinski definition) is 2. The lowest BCUT2D eigenvalue weighted by Crippen LogP contribution is -2.41. The number of rotatable bonds is 15. The van der Waals surface area contributed by atoms with Gasteiger partial charge in [-0.05, 0) is 92.8 Å². The monoisotopic (exact) mass is 552 g/mol. The topological polar surface area (TPSA) is 69.6 Å². The van der Waals surface area contributed by atoms with Gasteiger partial charge in [-0.2, -0.15) is 11.8 Å². The first kappa shape index (κ1) is 31.2. The van der Waals surface area contributed by atoms with Crippen molar-refractivity contribution in [3.63, 3.8) is 0 Å². The van der Waals surface area contributed by atoms with E-state index in [-0.39, 0.29) is 5.91 Å². The van der Waals surface area contributed by atoms with E-state index in [2.05, 4.69) is 55.4 Å². The summed E-state index contributed by atoms with van der Waals surface area (Å²) in [6.45, 7) is 4.33. The van der Waals surface area contributed by atoms with E-state index in [1.54, 1.807) is 11.8 Å². The minimum absolute atomic E-state index is 0.328. The Bertz CT molecular complexity index is 1070. The standard InChI is InChI=1S/C33H48N2O3S/c1-5-6-13-27(35(3)26-14-8-7-9-15-26)19-17-25-18-20-29(30(23-25)28-16-11-10-12-24(28)2)32(36)34-31(33(37)38)21-22-39-4/h10-12,16,18,20,23,26-27,31H,5-9,13-15,17,19,21-22H2,1-4H3,(H,34,36)(H,37,38)/t27?,31-/m0/s1. The van der Waals surface area contributed by atoms with Gasteiger partial charge in [0.05, 0.1) is 0 Å². The van der Waals surface area contributed by atoms with Crippen molar-refractivity contribution < 1.29 is 14.7 Å². The number of carbonyl (C=O) groups is 2.